The largest absolute Gasteiger partial charge is 0.346 e. The van der Waals surface area contributed by atoms with Crippen molar-refractivity contribution in [1.29, 1.82) is 0 Å². The van der Waals surface area contributed by atoms with Gasteiger partial charge in [0.25, 0.3) is 17.4 Å². The molecule has 4 heterocycles. The van der Waals surface area contributed by atoms with E-state index in [2.05, 4.69) is 32.2 Å². The first-order chi connectivity index (χ1) is 15.4. The molecule has 1 spiro atoms. The number of amides is 2. The summed E-state index contributed by atoms with van der Waals surface area (Å²) in [5.74, 6) is -0.361. The average Bonchev–Trinajstić information content (AvgIpc) is 3.27. The Morgan fingerprint density at radius 1 is 1.25 bits per heavy atom. The van der Waals surface area contributed by atoms with Gasteiger partial charge in [-0.15, -0.1) is 0 Å². The summed E-state index contributed by atoms with van der Waals surface area (Å²) in [6.07, 6.45) is 8.12. The maximum Gasteiger partial charge on any atom is 0.293 e. The number of H-pyrrole nitrogens is 1. The maximum absolute atomic E-state index is 13.7. The molecular weight excluding hydrogens is 410 g/mol. The Morgan fingerprint density at radius 2 is 2.03 bits per heavy atom. The summed E-state index contributed by atoms with van der Waals surface area (Å²) in [6, 6.07) is 3.41. The van der Waals surface area contributed by atoms with Crippen molar-refractivity contribution < 1.29 is 9.59 Å². The van der Waals surface area contributed by atoms with Crippen molar-refractivity contribution in [2.75, 3.05) is 10.3 Å². The Bertz CT molecular complexity index is 1320. The number of aromatic amines is 1. The number of fused-ring (bicyclic) bond motifs is 2. The van der Waals surface area contributed by atoms with Crippen LogP contribution in [0.25, 0.3) is 11.0 Å². The highest BCUT2D eigenvalue weighted by Gasteiger charge is 2.48. The average molecular weight is 433 g/mol. The van der Waals surface area contributed by atoms with Crippen molar-refractivity contribution in [3.05, 3.63) is 58.9 Å². The van der Waals surface area contributed by atoms with Gasteiger partial charge in [0, 0.05) is 6.20 Å². The monoisotopic (exact) mass is 433 g/mol. The lowest BCUT2D eigenvalue weighted by Crippen LogP contribution is -2.73. The molecule has 2 aliphatic rings. The quantitative estimate of drug-likeness (QED) is 0.544. The molecule has 5 rings (SSSR count). The minimum Gasteiger partial charge on any atom is -0.346 e. The molecule has 3 aromatic heterocycles. The molecule has 1 saturated carbocycles. The van der Waals surface area contributed by atoms with E-state index in [1.807, 2.05) is 0 Å². The van der Waals surface area contributed by atoms with Crippen LogP contribution in [-0.2, 0) is 4.79 Å². The summed E-state index contributed by atoms with van der Waals surface area (Å²) in [4.78, 5) is 51.3. The van der Waals surface area contributed by atoms with Crippen molar-refractivity contribution >= 4 is 34.4 Å². The summed E-state index contributed by atoms with van der Waals surface area (Å²) >= 11 is 0. The van der Waals surface area contributed by atoms with Crippen molar-refractivity contribution in [3.8, 4) is 0 Å². The third kappa shape index (κ3) is 2.90. The van der Waals surface area contributed by atoms with Crippen LogP contribution in [0.4, 0.5) is 11.5 Å². The van der Waals surface area contributed by atoms with Crippen molar-refractivity contribution in [2.45, 2.75) is 44.7 Å². The van der Waals surface area contributed by atoms with Gasteiger partial charge in [0.05, 0.1) is 5.39 Å². The number of aromatic nitrogens is 4. The van der Waals surface area contributed by atoms with Crippen LogP contribution in [0.2, 0.25) is 0 Å². The Morgan fingerprint density at radius 3 is 2.78 bits per heavy atom. The first-order valence-corrected chi connectivity index (χ1v) is 10.6. The fraction of sp³-hybridized carbons (Fsp3) is 0.318. The molecule has 32 heavy (non-hydrogen) atoms. The number of carbonyl (C=O) groups is 2. The van der Waals surface area contributed by atoms with E-state index in [0.717, 1.165) is 19.3 Å². The van der Waals surface area contributed by atoms with E-state index in [-0.39, 0.29) is 17.3 Å². The number of anilines is 2. The van der Waals surface area contributed by atoms with Crippen LogP contribution in [0.1, 0.15) is 48.2 Å². The zero-order valence-corrected chi connectivity index (χ0v) is 17.6. The van der Waals surface area contributed by atoms with E-state index in [9.17, 15) is 14.4 Å². The van der Waals surface area contributed by atoms with Gasteiger partial charge in [0.15, 0.2) is 0 Å². The summed E-state index contributed by atoms with van der Waals surface area (Å²) in [5, 5.41) is 8.19. The topological polar surface area (TPSA) is 125 Å². The Hall–Kier alpha value is -3.95. The highest BCUT2D eigenvalue weighted by molar-refractivity contribution is 6.03. The third-order valence-corrected chi connectivity index (χ3v) is 6.21. The highest BCUT2D eigenvalue weighted by Crippen LogP contribution is 2.34. The first kappa shape index (κ1) is 20.0. The van der Waals surface area contributed by atoms with Crippen molar-refractivity contribution in [3.63, 3.8) is 0 Å². The van der Waals surface area contributed by atoms with Gasteiger partial charge < -0.3 is 15.6 Å². The molecule has 0 radical (unpaired) electrons. The molecule has 2 amide bonds. The molecule has 0 atom stereocenters. The zero-order chi connectivity index (χ0) is 22.5. The van der Waals surface area contributed by atoms with Crippen LogP contribution in [0.5, 0.6) is 0 Å². The van der Waals surface area contributed by atoms with Gasteiger partial charge in [-0.2, -0.15) is 0 Å². The summed E-state index contributed by atoms with van der Waals surface area (Å²) in [7, 11) is 0. The Labute approximate surface area is 183 Å². The van der Waals surface area contributed by atoms with Gasteiger partial charge in [0.1, 0.15) is 34.8 Å². The Balaban J connectivity index is 1.70. The summed E-state index contributed by atoms with van der Waals surface area (Å²) < 4.78 is 1.21. The molecule has 164 valence electrons. The Kier molecular flexibility index (Phi) is 4.58. The fourth-order valence-corrected chi connectivity index (χ4v) is 4.77. The van der Waals surface area contributed by atoms with E-state index < -0.39 is 17.1 Å². The number of nitrogens with one attached hydrogen (secondary N) is 3. The lowest BCUT2D eigenvalue weighted by Gasteiger charge is -2.49. The zero-order valence-electron chi connectivity index (χ0n) is 17.6. The van der Waals surface area contributed by atoms with Crippen LogP contribution in [0.15, 0.2) is 42.1 Å². The first-order valence-electron chi connectivity index (χ1n) is 10.6. The molecule has 0 aromatic carbocycles. The number of pyridine rings is 1. The van der Waals surface area contributed by atoms with Crippen molar-refractivity contribution in [1.82, 2.24) is 24.9 Å². The van der Waals surface area contributed by atoms with Crippen LogP contribution >= 0.6 is 0 Å². The SMILES string of the molecule is C=CC(=O)N1n2c(c(C)cc(Nc3ncnc4[nH]ccc34)c2=O)C(=O)NC12CCCCC2. The second-order valence-corrected chi connectivity index (χ2v) is 8.19. The molecule has 0 unspecified atom stereocenters. The molecule has 3 N–H and O–H groups in total. The molecule has 3 aromatic rings. The maximum atomic E-state index is 13.7. The van der Waals surface area contributed by atoms with E-state index in [4.69, 9.17) is 0 Å². The second kappa shape index (κ2) is 7.33. The van der Waals surface area contributed by atoms with Gasteiger partial charge in [-0.25, -0.2) is 19.7 Å². The molecule has 0 saturated heterocycles. The molecule has 1 aliphatic heterocycles. The second-order valence-electron chi connectivity index (χ2n) is 8.19. The van der Waals surface area contributed by atoms with E-state index >= 15 is 0 Å². The number of aryl methyl sites for hydroxylation is 1. The lowest BCUT2D eigenvalue weighted by atomic mass is 9.87. The highest BCUT2D eigenvalue weighted by atomic mass is 16.2. The van der Waals surface area contributed by atoms with Crippen LogP contribution in [-0.4, -0.2) is 37.1 Å². The number of carbonyl (C=O) groups excluding carboxylic acids is 2. The van der Waals surface area contributed by atoms with Gasteiger partial charge in [-0.1, -0.05) is 13.0 Å². The molecule has 1 aliphatic carbocycles. The van der Waals surface area contributed by atoms with Gasteiger partial charge >= 0.3 is 0 Å². The van der Waals surface area contributed by atoms with Crippen LogP contribution in [0, 0.1) is 6.92 Å². The number of nitrogens with zero attached hydrogens (tertiary/aromatic N) is 4. The standard InChI is InChI=1S/C22H23N7O3/c1-3-16(30)29-22(8-5-4-6-9-22)27-20(31)17-13(2)11-15(21(32)28(17)29)26-19-14-7-10-23-18(14)24-12-25-19/h3,7,10-12H,1,4-6,8-9H2,2H3,(H,27,31)(H2,23,24,25,26). The number of hydrogen-bond donors (Lipinski definition) is 3. The fourth-order valence-electron chi connectivity index (χ4n) is 4.77. The normalized spacial score (nSPS) is 17.2. The predicted molar refractivity (Wildman–Crippen MR) is 119 cm³/mol. The smallest absolute Gasteiger partial charge is 0.293 e. The lowest BCUT2D eigenvalue weighted by molar-refractivity contribution is -0.118. The predicted octanol–water partition coefficient (Wildman–Crippen LogP) is 2.23. The number of hydrogen-bond acceptors (Lipinski definition) is 6. The molecule has 1 fully saturated rings. The van der Waals surface area contributed by atoms with Crippen LogP contribution in [0.3, 0.4) is 0 Å². The number of rotatable bonds is 3. The molecule has 10 nitrogen and oxygen atoms in total. The molecular formula is C22H23N7O3. The van der Waals surface area contributed by atoms with Gasteiger partial charge in [0.2, 0.25) is 0 Å². The minimum atomic E-state index is -0.953. The van der Waals surface area contributed by atoms with E-state index in [0.29, 0.717) is 35.3 Å². The van der Waals surface area contributed by atoms with Crippen LogP contribution < -0.4 is 21.2 Å². The summed E-state index contributed by atoms with van der Waals surface area (Å²) in [5.41, 5.74) is 0.0581. The molecule has 0 bridgehead atoms. The van der Waals surface area contributed by atoms with Gasteiger partial charge in [-0.3, -0.25) is 14.4 Å². The van der Waals surface area contributed by atoms with E-state index in [1.54, 1.807) is 25.3 Å². The van der Waals surface area contributed by atoms with Gasteiger partial charge in [-0.05, 0) is 56.4 Å². The minimum absolute atomic E-state index is 0.140. The van der Waals surface area contributed by atoms with E-state index in [1.165, 1.54) is 22.1 Å². The summed E-state index contributed by atoms with van der Waals surface area (Å²) in [6.45, 7) is 5.35. The third-order valence-electron chi connectivity index (χ3n) is 6.21. The van der Waals surface area contributed by atoms with Crippen molar-refractivity contribution in [2.24, 2.45) is 0 Å². The molecule has 10 heteroatoms.